The summed E-state index contributed by atoms with van der Waals surface area (Å²) in [6, 6.07) is 12.1. The molecule has 4 rings (SSSR count). The van der Waals surface area contributed by atoms with Crippen LogP contribution in [-0.4, -0.2) is 4.98 Å². The second kappa shape index (κ2) is 7.66. The number of furan rings is 1. The van der Waals surface area contributed by atoms with E-state index in [1.54, 1.807) is 24.3 Å². The summed E-state index contributed by atoms with van der Waals surface area (Å²) in [5.74, 6) is -0.452. The third-order valence-corrected chi connectivity index (χ3v) is 4.68. The molecule has 2 heterocycles. The average molecular weight is 416 g/mol. The van der Waals surface area contributed by atoms with Crippen LogP contribution in [0.5, 0.6) is 11.5 Å². The van der Waals surface area contributed by atoms with Crippen molar-refractivity contribution in [3.63, 3.8) is 0 Å². The molecule has 140 valence electrons. The van der Waals surface area contributed by atoms with Gasteiger partial charge in [0.1, 0.15) is 17.4 Å². The summed E-state index contributed by atoms with van der Waals surface area (Å²) in [5, 5.41) is 0.207. The molecule has 0 aliphatic carbocycles. The van der Waals surface area contributed by atoms with Gasteiger partial charge < -0.3 is 9.15 Å². The van der Waals surface area contributed by atoms with Gasteiger partial charge in [0, 0.05) is 27.7 Å². The van der Waals surface area contributed by atoms with Crippen LogP contribution < -0.4 is 4.74 Å². The Hall–Kier alpha value is -2.83. The molecule has 0 fully saturated rings. The van der Waals surface area contributed by atoms with E-state index in [1.165, 1.54) is 36.9 Å². The summed E-state index contributed by atoms with van der Waals surface area (Å²) in [4.78, 5) is 4.47. The standard InChI is InChI=1S/C21H12ClF2NO2S/c22-16-8-21(28)17(24)9-19(16)27-20-10-25-18(12-2-1-3-14(23)6-12)7-15(20)13-4-5-26-11-13/h1-11,28H. The van der Waals surface area contributed by atoms with Crippen molar-refractivity contribution in [3.05, 3.63) is 83.9 Å². The van der Waals surface area contributed by atoms with Gasteiger partial charge in [-0.05, 0) is 30.3 Å². The van der Waals surface area contributed by atoms with Gasteiger partial charge in [-0.15, -0.1) is 12.6 Å². The Bertz CT molecular complexity index is 1150. The van der Waals surface area contributed by atoms with Gasteiger partial charge in [0.05, 0.1) is 29.4 Å². The van der Waals surface area contributed by atoms with Crippen LogP contribution in [0, 0.1) is 11.6 Å². The van der Waals surface area contributed by atoms with Crippen molar-refractivity contribution in [2.75, 3.05) is 0 Å². The highest BCUT2D eigenvalue weighted by molar-refractivity contribution is 7.80. The summed E-state index contributed by atoms with van der Waals surface area (Å²) in [6.45, 7) is 0. The molecule has 0 saturated heterocycles. The first kappa shape index (κ1) is 18.5. The monoisotopic (exact) mass is 415 g/mol. The Morgan fingerprint density at radius 2 is 1.86 bits per heavy atom. The van der Waals surface area contributed by atoms with Crippen LogP contribution in [0.2, 0.25) is 5.02 Å². The molecule has 0 bridgehead atoms. The predicted molar refractivity (Wildman–Crippen MR) is 106 cm³/mol. The lowest BCUT2D eigenvalue weighted by atomic mass is 10.0. The Labute approximate surface area is 170 Å². The summed E-state index contributed by atoms with van der Waals surface area (Å²) < 4.78 is 38.5. The molecule has 0 atom stereocenters. The van der Waals surface area contributed by atoms with Crippen LogP contribution >= 0.6 is 24.2 Å². The zero-order valence-electron chi connectivity index (χ0n) is 14.2. The number of benzene rings is 2. The van der Waals surface area contributed by atoms with Crippen molar-refractivity contribution < 1.29 is 17.9 Å². The van der Waals surface area contributed by atoms with E-state index >= 15 is 0 Å². The summed E-state index contributed by atoms with van der Waals surface area (Å²) >= 11 is 10.2. The lowest BCUT2D eigenvalue weighted by molar-refractivity contribution is 0.474. The van der Waals surface area contributed by atoms with Crippen LogP contribution in [0.4, 0.5) is 8.78 Å². The molecule has 28 heavy (non-hydrogen) atoms. The van der Waals surface area contributed by atoms with Gasteiger partial charge in [-0.2, -0.15) is 0 Å². The zero-order chi connectivity index (χ0) is 19.7. The summed E-state index contributed by atoms with van der Waals surface area (Å²) in [6.07, 6.45) is 4.53. The molecular weight excluding hydrogens is 404 g/mol. The third-order valence-electron chi connectivity index (χ3n) is 4.04. The smallest absolute Gasteiger partial charge is 0.153 e. The number of halogens is 3. The normalized spacial score (nSPS) is 10.9. The number of aromatic nitrogens is 1. The molecule has 7 heteroatoms. The van der Waals surface area contributed by atoms with Crippen molar-refractivity contribution in [2.45, 2.75) is 4.90 Å². The van der Waals surface area contributed by atoms with Crippen molar-refractivity contribution in [1.29, 1.82) is 0 Å². The Kier molecular flexibility index (Phi) is 5.07. The molecule has 0 aliphatic rings. The maximum atomic E-state index is 13.9. The first-order valence-corrected chi connectivity index (χ1v) is 8.98. The molecule has 4 aromatic rings. The number of nitrogens with zero attached hydrogens (tertiary/aromatic N) is 1. The van der Waals surface area contributed by atoms with Crippen LogP contribution in [-0.2, 0) is 0 Å². The van der Waals surface area contributed by atoms with Crippen LogP contribution in [0.3, 0.4) is 0 Å². The Morgan fingerprint density at radius 3 is 2.61 bits per heavy atom. The minimum Gasteiger partial charge on any atom is -0.472 e. The SMILES string of the molecule is Fc1cccc(-c2cc(-c3ccoc3)c(Oc3cc(F)c(S)cc3Cl)cn2)c1. The minimum atomic E-state index is -0.558. The fourth-order valence-electron chi connectivity index (χ4n) is 2.69. The maximum absolute atomic E-state index is 13.9. The first-order chi connectivity index (χ1) is 13.5. The van der Waals surface area contributed by atoms with Crippen molar-refractivity contribution in [3.8, 4) is 33.9 Å². The molecule has 0 aliphatic heterocycles. The van der Waals surface area contributed by atoms with Crippen LogP contribution in [0.25, 0.3) is 22.4 Å². The molecular formula is C21H12ClF2NO2S. The highest BCUT2D eigenvalue weighted by Crippen LogP contribution is 2.39. The fourth-order valence-corrected chi connectivity index (χ4v) is 3.16. The fraction of sp³-hybridized carbons (Fsp3) is 0. The third kappa shape index (κ3) is 3.74. The van der Waals surface area contributed by atoms with E-state index in [4.69, 9.17) is 20.8 Å². The van der Waals surface area contributed by atoms with Gasteiger partial charge in [0.15, 0.2) is 5.75 Å². The van der Waals surface area contributed by atoms with Crippen molar-refractivity contribution in [1.82, 2.24) is 4.98 Å². The number of ether oxygens (including phenoxy) is 1. The largest absolute Gasteiger partial charge is 0.472 e. The molecule has 0 amide bonds. The van der Waals surface area contributed by atoms with E-state index < -0.39 is 5.82 Å². The van der Waals surface area contributed by atoms with Crippen molar-refractivity contribution in [2.24, 2.45) is 0 Å². The molecule has 0 spiro atoms. The molecule has 0 radical (unpaired) electrons. The highest BCUT2D eigenvalue weighted by atomic mass is 35.5. The maximum Gasteiger partial charge on any atom is 0.153 e. The molecule has 3 nitrogen and oxygen atoms in total. The van der Waals surface area contributed by atoms with Gasteiger partial charge in [-0.3, -0.25) is 4.98 Å². The van der Waals surface area contributed by atoms with Gasteiger partial charge in [-0.1, -0.05) is 23.7 Å². The van der Waals surface area contributed by atoms with E-state index in [2.05, 4.69) is 17.6 Å². The van der Waals surface area contributed by atoms with E-state index in [1.807, 2.05) is 0 Å². The van der Waals surface area contributed by atoms with Gasteiger partial charge in [0.2, 0.25) is 0 Å². The van der Waals surface area contributed by atoms with Gasteiger partial charge >= 0.3 is 0 Å². The lowest BCUT2D eigenvalue weighted by Gasteiger charge is -2.13. The quantitative estimate of drug-likeness (QED) is 0.364. The lowest BCUT2D eigenvalue weighted by Crippen LogP contribution is -1.94. The number of thiol groups is 1. The second-order valence-electron chi connectivity index (χ2n) is 5.92. The molecule has 2 aromatic heterocycles. The number of hydrogen-bond acceptors (Lipinski definition) is 4. The van der Waals surface area contributed by atoms with E-state index in [0.29, 0.717) is 22.6 Å². The molecule has 0 unspecified atom stereocenters. The van der Waals surface area contributed by atoms with Gasteiger partial charge in [0.25, 0.3) is 0 Å². The number of hydrogen-bond donors (Lipinski definition) is 1. The zero-order valence-corrected chi connectivity index (χ0v) is 15.8. The molecule has 2 aromatic carbocycles. The minimum absolute atomic E-state index is 0.118. The van der Waals surface area contributed by atoms with E-state index in [9.17, 15) is 8.78 Å². The number of pyridine rings is 1. The van der Waals surface area contributed by atoms with E-state index in [0.717, 1.165) is 11.6 Å². The molecule has 0 N–H and O–H groups in total. The molecule has 0 saturated carbocycles. The predicted octanol–water partition coefficient (Wildman–Crippen LogP) is 7.02. The van der Waals surface area contributed by atoms with Crippen molar-refractivity contribution >= 4 is 24.2 Å². The highest BCUT2D eigenvalue weighted by Gasteiger charge is 2.15. The number of rotatable bonds is 4. The van der Waals surface area contributed by atoms with Crippen LogP contribution in [0.15, 0.2) is 76.6 Å². The Balaban J connectivity index is 1.80. The summed E-state index contributed by atoms with van der Waals surface area (Å²) in [7, 11) is 0. The average Bonchev–Trinajstić information content (AvgIpc) is 3.21. The van der Waals surface area contributed by atoms with Crippen LogP contribution in [0.1, 0.15) is 0 Å². The second-order valence-corrected chi connectivity index (χ2v) is 6.81. The summed E-state index contributed by atoms with van der Waals surface area (Å²) in [5.41, 5.74) is 2.51. The van der Waals surface area contributed by atoms with E-state index in [-0.39, 0.29) is 21.5 Å². The van der Waals surface area contributed by atoms with Gasteiger partial charge in [-0.25, -0.2) is 8.78 Å². The topological polar surface area (TPSA) is 35.3 Å². The Morgan fingerprint density at radius 1 is 1.00 bits per heavy atom. The first-order valence-electron chi connectivity index (χ1n) is 8.15.